The van der Waals surface area contributed by atoms with Crippen LogP contribution >= 0.6 is 23.8 Å². The van der Waals surface area contributed by atoms with Crippen LogP contribution < -0.4 is 11.1 Å². The van der Waals surface area contributed by atoms with Gasteiger partial charge in [-0.05, 0) is 18.1 Å². The van der Waals surface area contributed by atoms with Crippen LogP contribution in [0.3, 0.4) is 0 Å². The third kappa shape index (κ3) is 3.68. The summed E-state index contributed by atoms with van der Waals surface area (Å²) >= 11 is 10.9. The first-order valence-electron chi connectivity index (χ1n) is 5.73. The summed E-state index contributed by atoms with van der Waals surface area (Å²) in [4.78, 5) is 12.2. The van der Waals surface area contributed by atoms with Gasteiger partial charge in [-0.15, -0.1) is 0 Å². The summed E-state index contributed by atoms with van der Waals surface area (Å²) in [7, 11) is 0. The summed E-state index contributed by atoms with van der Waals surface area (Å²) in [5, 5.41) is 3.27. The first kappa shape index (κ1) is 14.9. The van der Waals surface area contributed by atoms with Gasteiger partial charge < -0.3 is 11.1 Å². The molecule has 98 valence electrons. The Balaban J connectivity index is 2.93. The molecule has 1 unspecified atom stereocenters. The molecule has 18 heavy (non-hydrogen) atoms. The number of carbonyl (C=O) groups excluding carboxylic acids is 1. The van der Waals surface area contributed by atoms with Gasteiger partial charge in [0.05, 0.1) is 10.7 Å². The van der Waals surface area contributed by atoms with Gasteiger partial charge in [0.2, 0.25) is 5.91 Å². The first-order valence-corrected chi connectivity index (χ1v) is 6.51. The zero-order valence-corrected chi connectivity index (χ0v) is 12.2. The lowest BCUT2D eigenvalue weighted by Crippen LogP contribution is -2.24. The van der Waals surface area contributed by atoms with E-state index < -0.39 is 0 Å². The number of hydrogen-bond acceptors (Lipinski definition) is 2. The SMILES string of the molecule is CC(C)C(C)C(=O)Nc1cc(C(N)=S)ccc1Cl. The smallest absolute Gasteiger partial charge is 0.227 e. The van der Waals surface area contributed by atoms with E-state index in [0.717, 1.165) is 0 Å². The third-order valence-corrected chi connectivity index (χ3v) is 3.49. The molecule has 1 aromatic rings. The minimum atomic E-state index is -0.0884. The van der Waals surface area contributed by atoms with Crippen molar-refractivity contribution in [2.24, 2.45) is 17.6 Å². The van der Waals surface area contributed by atoms with Crippen molar-refractivity contribution in [1.29, 1.82) is 0 Å². The summed E-state index contributed by atoms with van der Waals surface area (Å²) in [5.41, 5.74) is 6.77. The van der Waals surface area contributed by atoms with Crippen LogP contribution in [-0.4, -0.2) is 10.9 Å². The summed E-state index contributed by atoms with van der Waals surface area (Å²) < 4.78 is 0. The molecule has 1 rings (SSSR count). The molecular weight excluding hydrogens is 268 g/mol. The molecule has 3 N–H and O–H groups in total. The van der Waals surface area contributed by atoms with Crippen LogP contribution in [0.2, 0.25) is 5.02 Å². The van der Waals surface area contributed by atoms with E-state index in [1.807, 2.05) is 20.8 Å². The molecule has 1 atom stereocenters. The molecule has 5 heteroatoms. The Morgan fingerprint density at radius 1 is 1.39 bits per heavy atom. The largest absolute Gasteiger partial charge is 0.389 e. The molecule has 0 bridgehead atoms. The van der Waals surface area contributed by atoms with Crippen LogP contribution in [0.5, 0.6) is 0 Å². The predicted molar refractivity (Wildman–Crippen MR) is 80.0 cm³/mol. The summed E-state index contributed by atoms with van der Waals surface area (Å²) in [6, 6.07) is 5.09. The van der Waals surface area contributed by atoms with Crippen LogP contribution in [-0.2, 0) is 4.79 Å². The van der Waals surface area contributed by atoms with E-state index in [-0.39, 0.29) is 22.7 Å². The van der Waals surface area contributed by atoms with E-state index in [1.165, 1.54) is 0 Å². The molecule has 0 spiro atoms. The number of hydrogen-bond donors (Lipinski definition) is 2. The van der Waals surface area contributed by atoms with E-state index in [9.17, 15) is 4.79 Å². The van der Waals surface area contributed by atoms with Crippen LogP contribution in [0, 0.1) is 11.8 Å². The van der Waals surface area contributed by atoms with E-state index in [4.69, 9.17) is 29.6 Å². The molecule has 0 aliphatic carbocycles. The molecule has 0 saturated carbocycles. The zero-order chi connectivity index (χ0) is 13.9. The van der Waals surface area contributed by atoms with Gasteiger partial charge in [0, 0.05) is 11.5 Å². The molecule has 0 aromatic heterocycles. The Labute approximate surface area is 118 Å². The van der Waals surface area contributed by atoms with Crippen molar-refractivity contribution < 1.29 is 4.79 Å². The molecule has 0 aliphatic heterocycles. The van der Waals surface area contributed by atoms with E-state index in [0.29, 0.717) is 16.3 Å². The van der Waals surface area contributed by atoms with Crippen LogP contribution in [0.15, 0.2) is 18.2 Å². The van der Waals surface area contributed by atoms with E-state index in [2.05, 4.69) is 5.32 Å². The van der Waals surface area contributed by atoms with Gasteiger partial charge in [-0.2, -0.15) is 0 Å². The standard InChI is InChI=1S/C13H17ClN2OS/c1-7(2)8(3)13(17)16-11-6-9(12(15)18)4-5-10(11)14/h4-8H,1-3H3,(H2,15,18)(H,16,17). The number of anilines is 1. The minimum absolute atomic E-state index is 0.0630. The molecule has 1 aromatic carbocycles. The highest BCUT2D eigenvalue weighted by atomic mass is 35.5. The Morgan fingerprint density at radius 3 is 2.50 bits per heavy atom. The topological polar surface area (TPSA) is 55.1 Å². The van der Waals surface area contributed by atoms with Crippen molar-refractivity contribution in [3.05, 3.63) is 28.8 Å². The summed E-state index contributed by atoms with van der Waals surface area (Å²) in [6.45, 7) is 5.87. The van der Waals surface area contributed by atoms with Crippen molar-refractivity contribution in [3.8, 4) is 0 Å². The molecule has 0 fully saturated rings. The summed E-state index contributed by atoms with van der Waals surface area (Å²) in [5.74, 6) is 0.115. The first-order chi connectivity index (χ1) is 8.32. The molecule has 0 saturated heterocycles. The normalized spacial score (nSPS) is 12.3. The van der Waals surface area contributed by atoms with Crippen molar-refractivity contribution in [2.75, 3.05) is 5.32 Å². The van der Waals surface area contributed by atoms with Gasteiger partial charge in [-0.1, -0.05) is 50.7 Å². The number of halogens is 1. The maximum absolute atomic E-state index is 12.0. The third-order valence-electron chi connectivity index (χ3n) is 2.92. The van der Waals surface area contributed by atoms with Crippen molar-refractivity contribution in [3.63, 3.8) is 0 Å². The lowest BCUT2D eigenvalue weighted by atomic mass is 9.97. The number of benzene rings is 1. The maximum atomic E-state index is 12.0. The monoisotopic (exact) mass is 284 g/mol. The maximum Gasteiger partial charge on any atom is 0.227 e. The number of thiocarbonyl (C=S) groups is 1. The number of rotatable bonds is 4. The van der Waals surface area contributed by atoms with E-state index in [1.54, 1.807) is 18.2 Å². The van der Waals surface area contributed by atoms with Gasteiger partial charge in [0.25, 0.3) is 0 Å². The van der Waals surface area contributed by atoms with Gasteiger partial charge in [-0.3, -0.25) is 4.79 Å². The second kappa shape index (κ2) is 6.16. The average molecular weight is 285 g/mol. The fourth-order valence-electron chi connectivity index (χ4n) is 1.32. The highest BCUT2D eigenvalue weighted by molar-refractivity contribution is 7.80. The fourth-order valence-corrected chi connectivity index (χ4v) is 1.62. The second-order valence-electron chi connectivity index (χ2n) is 4.58. The van der Waals surface area contributed by atoms with Crippen molar-refractivity contribution >= 4 is 40.4 Å². The zero-order valence-electron chi connectivity index (χ0n) is 10.7. The Hall–Kier alpha value is -1.13. The van der Waals surface area contributed by atoms with Crippen LogP contribution in [0.25, 0.3) is 0 Å². The number of nitrogens with one attached hydrogen (secondary N) is 1. The van der Waals surface area contributed by atoms with E-state index >= 15 is 0 Å². The molecule has 1 amide bonds. The van der Waals surface area contributed by atoms with Crippen LogP contribution in [0.1, 0.15) is 26.3 Å². The Bertz CT molecular complexity index is 474. The Kier molecular flexibility index (Phi) is 5.11. The van der Waals surface area contributed by atoms with Crippen molar-refractivity contribution in [1.82, 2.24) is 0 Å². The Morgan fingerprint density at radius 2 is 2.00 bits per heavy atom. The molecule has 0 aliphatic rings. The minimum Gasteiger partial charge on any atom is -0.389 e. The van der Waals surface area contributed by atoms with Crippen molar-refractivity contribution in [2.45, 2.75) is 20.8 Å². The predicted octanol–water partition coefficient (Wildman–Crippen LogP) is 3.20. The second-order valence-corrected chi connectivity index (χ2v) is 5.43. The number of carbonyl (C=O) groups is 1. The molecule has 0 heterocycles. The number of amides is 1. The quantitative estimate of drug-likeness (QED) is 0.835. The molecule has 3 nitrogen and oxygen atoms in total. The van der Waals surface area contributed by atoms with Gasteiger partial charge in [0.15, 0.2) is 0 Å². The van der Waals surface area contributed by atoms with Gasteiger partial charge in [-0.25, -0.2) is 0 Å². The number of nitrogens with two attached hydrogens (primary N) is 1. The lowest BCUT2D eigenvalue weighted by Gasteiger charge is -2.16. The average Bonchev–Trinajstić information content (AvgIpc) is 2.30. The lowest BCUT2D eigenvalue weighted by molar-refractivity contribution is -0.120. The highest BCUT2D eigenvalue weighted by Crippen LogP contribution is 2.24. The summed E-state index contributed by atoms with van der Waals surface area (Å²) in [6.07, 6.45) is 0. The molecule has 0 radical (unpaired) electrons. The van der Waals surface area contributed by atoms with Crippen LogP contribution in [0.4, 0.5) is 5.69 Å². The van der Waals surface area contributed by atoms with Gasteiger partial charge in [0.1, 0.15) is 4.99 Å². The highest BCUT2D eigenvalue weighted by Gasteiger charge is 2.17. The fraction of sp³-hybridized carbons (Fsp3) is 0.385. The van der Waals surface area contributed by atoms with Gasteiger partial charge >= 0.3 is 0 Å². The molecular formula is C13H17ClN2OS.